The summed E-state index contributed by atoms with van der Waals surface area (Å²) < 4.78 is 61.8. The third-order valence-corrected chi connectivity index (χ3v) is 8.25. The van der Waals surface area contributed by atoms with Crippen LogP contribution in [0.5, 0.6) is 17.2 Å². The summed E-state index contributed by atoms with van der Waals surface area (Å²) in [6, 6.07) is 0.759. The molecule has 1 aromatic rings. The smallest absolute Gasteiger partial charge is 0.303 e. The highest BCUT2D eigenvalue weighted by molar-refractivity contribution is 6.24. The van der Waals surface area contributed by atoms with Crippen LogP contribution in [0.25, 0.3) is 0 Å². The Kier molecular flexibility index (Phi) is 14.5. The summed E-state index contributed by atoms with van der Waals surface area (Å²) in [5.41, 5.74) is -1.18. The number of carbonyl (C=O) groups excluding carboxylic acids is 9. The lowest BCUT2D eigenvalue weighted by Crippen LogP contribution is -2.67. The van der Waals surface area contributed by atoms with Crippen LogP contribution in [0.2, 0.25) is 0 Å². The summed E-state index contributed by atoms with van der Waals surface area (Å²) in [4.78, 5) is 111. The highest BCUT2D eigenvalue weighted by atomic mass is 16.8. The number of hydrogen-bond acceptors (Lipinski definition) is 22. The number of aromatic hydroxyl groups is 2. The number of ether oxygens (including phenoxy) is 11. The zero-order chi connectivity index (χ0) is 43.2. The van der Waals surface area contributed by atoms with E-state index in [1.807, 2.05) is 0 Å². The van der Waals surface area contributed by atoms with Crippen molar-refractivity contribution in [3.05, 3.63) is 29.3 Å². The first-order chi connectivity index (χ1) is 27.2. The summed E-state index contributed by atoms with van der Waals surface area (Å²) in [6.45, 7) is 5.52. The molecule has 2 N–H and O–H groups in total. The summed E-state index contributed by atoms with van der Waals surface area (Å²) in [7, 11) is 0. The maximum Gasteiger partial charge on any atom is 0.303 e. The molecular weight excluding hydrogens is 784 g/mol. The van der Waals surface area contributed by atoms with Crippen molar-refractivity contribution in [2.75, 3.05) is 13.2 Å². The molecule has 0 saturated carbocycles. The van der Waals surface area contributed by atoms with Crippen LogP contribution in [0.3, 0.4) is 0 Å². The second-order valence-electron chi connectivity index (χ2n) is 12.8. The number of esters is 7. The van der Waals surface area contributed by atoms with Gasteiger partial charge in [0.2, 0.25) is 12.4 Å². The molecule has 2 heterocycles. The third-order valence-electron chi connectivity index (χ3n) is 8.25. The monoisotopic (exact) mass is 824 g/mol. The van der Waals surface area contributed by atoms with E-state index in [-0.39, 0.29) is 0 Å². The Balaban J connectivity index is 1.86. The van der Waals surface area contributed by atoms with Crippen LogP contribution in [0, 0.1) is 0 Å². The van der Waals surface area contributed by atoms with Crippen LogP contribution in [-0.2, 0) is 80.9 Å². The van der Waals surface area contributed by atoms with Crippen molar-refractivity contribution in [1.29, 1.82) is 0 Å². The molecule has 0 unspecified atom stereocenters. The van der Waals surface area contributed by atoms with E-state index in [0.29, 0.717) is 0 Å². The van der Waals surface area contributed by atoms with Gasteiger partial charge in [0, 0.05) is 54.5 Å². The van der Waals surface area contributed by atoms with Gasteiger partial charge in [-0.3, -0.25) is 43.2 Å². The Hall–Kier alpha value is -6.13. The van der Waals surface area contributed by atoms with Crippen molar-refractivity contribution in [2.24, 2.45) is 0 Å². The third kappa shape index (κ3) is 10.8. The Morgan fingerprint density at radius 3 is 1.41 bits per heavy atom. The van der Waals surface area contributed by atoms with Gasteiger partial charge in [0.1, 0.15) is 37.3 Å². The lowest BCUT2D eigenvalue weighted by atomic mass is 9.92. The molecule has 1 aliphatic carbocycles. The molecule has 0 spiro atoms. The fraction of sp³-hybridized carbons (Fsp3) is 0.528. The van der Waals surface area contributed by atoms with Gasteiger partial charge < -0.3 is 62.3 Å². The number of fused-ring (bicyclic) bond motifs is 1. The van der Waals surface area contributed by atoms with Crippen molar-refractivity contribution < 1.29 is 105 Å². The second kappa shape index (κ2) is 18.9. The minimum Gasteiger partial charge on any atom is -0.507 e. The van der Waals surface area contributed by atoms with E-state index in [9.17, 15) is 53.4 Å². The maximum absolute atomic E-state index is 12.7. The number of ketones is 2. The standard InChI is InChI=1S/C36H40O22/c1-13(37)48-11-24-29(50-15(3)39)31(51-16(4)40)34(54-19(7)43)36(57-24)58-30-25(12-49-14(2)38)56-35(33(53-18(6)42)32(30)52-17(5)41)55-23-10-22(46)26-20(44)8-9-21(45)27(26)28(23)47/h8-10,24-25,29-36,46-47H,11-12H2,1-7H3/t24-,25+,29-,30-,31+,32+,33-,34-,35-,36+/m1/s1. The van der Waals surface area contributed by atoms with Crippen molar-refractivity contribution in [3.63, 3.8) is 0 Å². The van der Waals surface area contributed by atoms with Crippen molar-refractivity contribution >= 4 is 53.4 Å². The zero-order valence-electron chi connectivity index (χ0n) is 32.0. The number of hydrogen-bond donors (Lipinski definition) is 2. The van der Waals surface area contributed by atoms with Crippen LogP contribution in [-0.4, -0.2) is 138 Å². The average molecular weight is 825 g/mol. The van der Waals surface area contributed by atoms with E-state index >= 15 is 0 Å². The van der Waals surface area contributed by atoms with Crippen LogP contribution < -0.4 is 4.74 Å². The first-order valence-electron chi connectivity index (χ1n) is 17.3. The molecule has 2 fully saturated rings. The molecule has 0 bridgehead atoms. The molecule has 10 atom stereocenters. The van der Waals surface area contributed by atoms with E-state index in [1.165, 1.54) is 0 Å². The maximum atomic E-state index is 12.7. The van der Waals surface area contributed by atoms with Gasteiger partial charge in [0.05, 0.1) is 11.1 Å². The highest BCUT2D eigenvalue weighted by Gasteiger charge is 2.58. The Morgan fingerprint density at radius 2 is 0.931 bits per heavy atom. The van der Waals surface area contributed by atoms with Gasteiger partial charge in [0.15, 0.2) is 53.8 Å². The second-order valence-corrected chi connectivity index (χ2v) is 12.8. The van der Waals surface area contributed by atoms with E-state index in [2.05, 4.69) is 0 Å². The van der Waals surface area contributed by atoms with Crippen LogP contribution in [0.4, 0.5) is 0 Å². The van der Waals surface area contributed by atoms with E-state index in [1.54, 1.807) is 0 Å². The van der Waals surface area contributed by atoms with Crippen molar-refractivity contribution in [2.45, 2.75) is 110 Å². The highest BCUT2D eigenvalue weighted by Crippen LogP contribution is 2.43. The lowest BCUT2D eigenvalue weighted by Gasteiger charge is -2.48. The lowest BCUT2D eigenvalue weighted by molar-refractivity contribution is -0.354. The van der Waals surface area contributed by atoms with Gasteiger partial charge in [-0.05, 0) is 12.2 Å². The average Bonchev–Trinajstić information content (AvgIpc) is 3.10. The number of benzene rings is 1. The van der Waals surface area contributed by atoms with Gasteiger partial charge in [-0.1, -0.05) is 0 Å². The molecule has 58 heavy (non-hydrogen) atoms. The predicted octanol–water partition coefficient (Wildman–Crippen LogP) is 0.0315. The van der Waals surface area contributed by atoms with Crippen LogP contribution in [0.15, 0.2) is 18.2 Å². The minimum atomic E-state index is -1.97. The molecule has 0 amide bonds. The van der Waals surface area contributed by atoms with Gasteiger partial charge in [0.25, 0.3) is 0 Å². The number of allylic oxidation sites excluding steroid dienone is 2. The summed E-state index contributed by atoms with van der Waals surface area (Å²) in [6.07, 6.45) is -16.1. The summed E-state index contributed by atoms with van der Waals surface area (Å²) >= 11 is 0. The molecule has 2 aliphatic heterocycles. The molecule has 0 radical (unpaired) electrons. The number of phenols is 2. The molecule has 22 nitrogen and oxygen atoms in total. The predicted molar refractivity (Wildman–Crippen MR) is 181 cm³/mol. The van der Waals surface area contributed by atoms with Gasteiger partial charge in [-0.2, -0.15) is 0 Å². The van der Waals surface area contributed by atoms with E-state index < -0.39 is 156 Å². The van der Waals surface area contributed by atoms with Crippen LogP contribution in [0.1, 0.15) is 69.2 Å². The molecular formula is C36H40O22. The Bertz CT molecular complexity index is 1870. The number of rotatable bonds is 13. The van der Waals surface area contributed by atoms with Gasteiger partial charge in [-0.25, -0.2) is 0 Å². The molecule has 4 rings (SSSR count). The molecule has 2 saturated heterocycles. The molecule has 0 aromatic heterocycles. The van der Waals surface area contributed by atoms with Gasteiger partial charge >= 0.3 is 41.8 Å². The summed E-state index contributed by atoms with van der Waals surface area (Å²) in [5, 5.41) is 21.8. The molecule has 1 aromatic carbocycles. The normalized spacial score (nSPS) is 27.6. The quantitative estimate of drug-likeness (QED) is 0.151. The van der Waals surface area contributed by atoms with Crippen molar-refractivity contribution in [1.82, 2.24) is 0 Å². The molecule has 316 valence electrons. The number of phenolic OH excluding ortho intramolecular Hbond substituents is 2. The fourth-order valence-corrected chi connectivity index (χ4v) is 6.22. The summed E-state index contributed by atoms with van der Waals surface area (Å²) in [5.74, 6) is -10.8. The largest absolute Gasteiger partial charge is 0.507 e. The first kappa shape index (κ1) is 44.6. The minimum absolute atomic E-state index is 0.540. The van der Waals surface area contributed by atoms with Crippen molar-refractivity contribution in [3.8, 4) is 17.2 Å². The van der Waals surface area contributed by atoms with Crippen LogP contribution >= 0.6 is 0 Å². The van der Waals surface area contributed by atoms with Gasteiger partial charge in [-0.15, -0.1) is 0 Å². The Labute approximate surface area is 328 Å². The topological polar surface area (TPSA) is 296 Å². The first-order valence-corrected chi connectivity index (χ1v) is 17.3. The molecule has 3 aliphatic rings. The fourth-order valence-electron chi connectivity index (χ4n) is 6.22. The van der Waals surface area contributed by atoms with E-state index in [4.69, 9.17) is 52.1 Å². The SMILES string of the molecule is CC(=O)OC[C@@H]1O[C@@H](Oc2cc(O)c3c(c2O)C(=O)C=CC3=O)[C@H](OC(C)=O)[C@@H](OC(C)=O)[C@@H]1O[C@@H]1O[C@H](COC(C)=O)[C@@H](OC(C)=O)[C@H](OC(C)=O)[C@H]1OC(C)=O. The number of carbonyl (C=O) groups is 9. The van der Waals surface area contributed by atoms with E-state index in [0.717, 1.165) is 66.7 Å². The molecule has 22 heteroatoms. The zero-order valence-corrected chi connectivity index (χ0v) is 32.0. The Morgan fingerprint density at radius 1 is 0.534 bits per heavy atom.